The Hall–Kier alpha value is -7.62. The summed E-state index contributed by atoms with van der Waals surface area (Å²) in [5.74, 6) is 0. The van der Waals surface area contributed by atoms with Gasteiger partial charge >= 0.3 is 0 Å². The van der Waals surface area contributed by atoms with Crippen molar-refractivity contribution in [2.24, 2.45) is 0 Å². The van der Waals surface area contributed by atoms with Crippen LogP contribution in [-0.2, 0) is 0 Å². The largest absolute Gasteiger partial charge is 0.310 e. The van der Waals surface area contributed by atoms with Gasteiger partial charge in [0.05, 0.1) is 16.7 Å². The lowest BCUT2D eigenvalue weighted by atomic mass is 10.0. The molecule has 8 bridgehead atoms. The van der Waals surface area contributed by atoms with E-state index in [0.717, 1.165) is 44.2 Å². The summed E-state index contributed by atoms with van der Waals surface area (Å²) in [7, 11) is 0. The Bertz CT molecular complexity index is 3630. The van der Waals surface area contributed by atoms with E-state index in [9.17, 15) is 0 Å². The van der Waals surface area contributed by atoms with E-state index in [1.54, 1.807) is 0 Å². The summed E-state index contributed by atoms with van der Waals surface area (Å²) < 4.78 is 7.24. The van der Waals surface area contributed by atoms with Crippen molar-refractivity contribution in [1.82, 2.24) is 13.7 Å². The highest BCUT2D eigenvalue weighted by Gasteiger charge is 2.16. The number of hydrogen-bond donors (Lipinski definition) is 0. The highest BCUT2D eigenvalue weighted by atomic mass is 15.0. The lowest BCUT2D eigenvalue weighted by molar-refractivity contribution is 1.16. The molecule has 0 aliphatic carbocycles. The predicted octanol–water partition coefficient (Wildman–Crippen LogP) is 14.4. The molecule has 2 heterocycles. The van der Waals surface area contributed by atoms with Crippen LogP contribution in [0.25, 0.3) is 104 Å². The van der Waals surface area contributed by atoms with Gasteiger partial charge in [-0.15, -0.1) is 0 Å². The average molecular weight is 726 g/mol. The van der Waals surface area contributed by atoms with Gasteiger partial charge in [0.2, 0.25) is 0 Å². The summed E-state index contributed by atoms with van der Waals surface area (Å²) in [4.78, 5) is 0. The SMILES string of the molecule is c1ccc(-n2c3cccc(c3)c3cccc(c3)n(-c3ccc4c(c3)c3ccccc3n4-c3cccc4ccccc34)c3ccc4ccc5ccc2cc5c4c3)cc1. The topological polar surface area (TPSA) is 14.8 Å². The first-order valence-corrected chi connectivity index (χ1v) is 19.6. The van der Waals surface area contributed by atoms with Crippen LogP contribution in [0.4, 0.5) is 0 Å². The quantitative estimate of drug-likeness (QED) is 0.161. The molecule has 0 aliphatic rings. The fourth-order valence-electron chi connectivity index (χ4n) is 9.19. The number of fused-ring (bicyclic) bond motifs is 11. The van der Waals surface area contributed by atoms with Crippen molar-refractivity contribution >= 4 is 87.0 Å². The first-order chi connectivity index (χ1) is 28.2. The Balaban J connectivity index is 1.21. The van der Waals surface area contributed by atoms with Crippen LogP contribution in [0.2, 0.25) is 0 Å². The van der Waals surface area contributed by atoms with Gasteiger partial charge in [-0.2, -0.15) is 0 Å². The molecule has 0 fully saturated rings. The maximum Gasteiger partial charge on any atom is 0.0542 e. The number of benzene rings is 10. The summed E-state index contributed by atoms with van der Waals surface area (Å²) in [6.45, 7) is 0. The van der Waals surface area contributed by atoms with E-state index < -0.39 is 0 Å². The molecule has 0 radical (unpaired) electrons. The molecule has 0 N–H and O–H groups in total. The Kier molecular flexibility index (Phi) is 6.93. The summed E-state index contributed by atoms with van der Waals surface area (Å²) >= 11 is 0. The van der Waals surface area contributed by atoms with Crippen LogP contribution in [0.5, 0.6) is 0 Å². The second-order valence-electron chi connectivity index (χ2n) is 15.0. The lowest BCUT2D eigenvalue weighted by Gasteiger charge is -2.15. The minimum absolute atomic E-state index is 1.10. The van der Waals surface area contributed by atoms with Gasteiger partial charge in [0, 0.05) is 49.6 Å². The third-order valence-electron chi connectivity index (χ3n) is 11.8. The minimum Gasteiger partial charge on any atom is -0.310 e. The molecule has 0 atom stereocenters. The van der Waals surface area contributed by atoms with E-state index in [0.29, 0.717) is 0 Å². The van der Waals surface area contributed by atoms with Crippen molar-refractivity contribution in [2.45, 2.75) is 0 Å². The number of rotatable bonds is 3. The Morgan fingerprint density at radius 2 is 0.737 bits per heavy atom. The maximum absolute atomic E-state index is 2.44. The van der Waals surface area contributed by atoms with Crippen LogP contribution in [-0.4, -0.2) is 13.7 Å². The molecule has 2 aromatic heterocycles. The molecule has 0 saturated carbocycles. The van der Waals surface area contributed by atoms with Crippen LogP contribution in [0, 0.1) is 0 Å². The lowest BCUT2D eigenvalue weighted by Crippen LogP contribution is -1.99. The van der Waals surface area contributed by atoms with Gasteiger partial charge in [-0.1, -0.05) is 121 Å². The maximum atomic E-state index is 2.44. The summed E-state index contributed by atoms with van der Waals surface area (Å²) in [5.41, 5.74) is 10.3. The van der Waals surface area contributed by atoms with Gasteiger partial charge in [0.1, 0.15) is 0 Å². The fraction of sp³-hybridized carbons (Fsp3) is 0. The smallest absolute Gasteiger partial charge is 0.0542 e. The molecular formula is C54H35N3. The Morgan fingerprint density at radius 1 is 0.228 bits per heavy atom. The van der Waals surface area contributed by atoms with E-state index in [4.69, 9.17) is 0 Å². The van der Waals surface area contributed by atoms with Crippen LogP contribution in [0.15, 0.2) is 212 Å². The molecule has 12 rings (SSSR count). The van der Waals surface area contributed by atoms with Gasteiger partial charge in [-0.3, -0.25) is 0 Å². The molecule has 3 nitrogen and oxygen atoms in total. The molecule has 0 saturated heterocycles. The monoisotopic (exact) mass is 725 g/mol. The predicted molar refractivity (Wildman–Crippen MR) is 242 cm³/mol. The number of aromatic nitrogens is 3. The van der Waals surface area contributed by atoms with Crippen molar-refractivity contribution < 1.29 is 0 Å². The zero-order chi connectivity index (χ0) is 37.5. The van der Waals surface area contributed by atoms with Crippen molar-refractivity contribution in [2.75, 3.05) is 0 Å². The number of hydrogen-bond acceptors (Lipinski definition) is 0. The minimum atomic E-state index is 1.10. The normalized spacial score (nSPS) is 11.9. The standard InChI is InChI=1S/C54H35N3/c1-2-15-41(16-3-1)55-42-17-8-13-39(31-42)40-14-9-18-43(32-40)56(45-28-26-38-24-23-37-25-27-44(55)33-49(37)50(38)34-45)46-29-30-54-51(35-46)48-20-6-7-21-53(48)57(54)52-22-10-12-36-11-4-5-19-47(36)52/h1-35H. The summed E-state index contributed by atoms with van der Waals surface area (Å²) in [5, 5.41) is 12.1. The molecule has 0 amide bonds. The molecule has 266 valence electrons. The molecule has 0 unspecified atom stereocenters. The summed E-state index contributed by atoms with van der Waals surface area (Å²) in [6.07, 6.45) is 0. The molecule has 0 aliphatic heterocycles. The zero-order valence-electron chi connectivity index (χ0n) is 31.0. The van der Waals surface area contributed by atoms with Crippen LogP contribution in [0.1, 0.15) is 0 Å². The van der Waals surface area contributed by atoms with Gasteiger partial charge in [-0.05, 0) is 129 Å². The molecular weight excluding hydrogens is 691 g/mol. The first-order valence-electron chi connectivity index (χ1n) is 19.6. The van der Waals surface area contributed by atoms with Gasteiger partial charge in [0.25, 0.3) is 0 Å². The summed E-state index contributed by atoms with van der Waals surface area (Å²) in [6, 6.07) is 78.0. The van der Waals surface area contributed by atoms with Gasteiger partial charge < -0.3 is 13.7 Å². The van der Waals surface area contributed by atoms with Crippen LogP contribution in [0.3, 0.4) is 0 Å². The van der Waals surface area contributed by atoms with E-state index in [1.165, 1.54) is 59.8 Å². The third kappa shape index (κ3) is 4.99. The number of para-hydroxylation sites is 2. The van der Waals surface area contributed by atoms with Gasteiger partial charge in [0.15, 0.2) is 0 Å². The molecule has 10 aromatic carbocycles. The van der Waals surface area contributed by atoms with Crippen molar-refractivity contribution in [1.29, 1.82) is 0 Å². The van der Waals surface area contributed by atoms with E-state index >= 15 is 0 Å². The second-order valence-corrected chi connectivity index (χ2v) is 15.0. The van der Waals surface area contributed by atoms with Crippen molar-refractivity contribution in [3.63, 3.8) is 0 Å². The van der Waals surface area contributed by atoms with E-state index in [-0.39, 0.29) is 0 Å². The average Bonchev–Trinajstić information content (AvgIpc) is 3.60. The highest BCUT2D eigenvalue weighted by molar-refractivity contribution is 6.12. The second kappa shape index (κ2) is 12.5. The molecule has 3 heteroatoms. The third-order valence-corrected chi connectivity index (χ3v) is 11.8. The van der Waals surface area contributed by atoms with Crippen LogP contribution >= 0.6 is 0 Å². The van der Waals surface area contributed by atoms with Crippen molar-refractivity contribution in [3.05, 3.63) is 212 Å². The zero-order valence-corrected chi connectivity index (χ0v) is 31.0. The van der Waals surface area contributed by atoms with Crippen LogP contribution < -0.4 is 0 Å². The molecule has 12 aromatic rings. The number of nitrogens with zero attached hydrogens (tertiary/aromatic N) is 3. The van der Waals surface area contributed by atoms with E-state index in [1.807, 2.05) is 0 Å². The molecule has 57 heavy (non-hydrogen) atoms. The molecule has 0 spiro atoms. The van der Waals surface area contributed by atoms with Gasteiger partial charge in [-0.25, -0.2) is 0 Å². The Morgan fingerprint density at radius 3 is 1.46 bits per heavy atom. The highest BCUT2D eigenvalue weighted by Crippen LogP contribution is 2.37. The first kappa shape index (κ1) is 31.7. The van der Waals surface area contributed by atoms with E-state index in [2.05, 4.69) is 226 Å². The van der Waals surface area contributed by atoms with Crippen molar-refractivity contribution in [3.8, 4) is 17.1 Å². The fourth-order valence-corrected chi connectivity index (χ4v) is 9.19. The Labute approximate surface area is 328 Å².